The fourth-order valence-electron chi connectivity index (χ4n) is 3.86. The minimum atomic E-state index is -0.328. The molecule has 1 aromatic heterocycles. The van der Waals surface area contributed by atoms with E-state index in [9.17, 15) is 14.7 Å². The summed E-state index contributed by atoms with van der Waals surface area (Å²) in [7, 11) is 0. The van der Waals surface area contributed by atoms with Crippen molar-refractivity contribution in [2.75, 3.05) is 13.1 Å². The monoisotopic (exact) mass is 411 g/mol. The lowest BCUT2D eigenvalue weighted by Gasteiger charge is -2.30. The Morgan fingerprint density at radius 3 is 2.83 bits per heavy atom. The minimum absolute atomic E-state index is 0.119. The summed E-state index contributed by atoms with van der Waals surface area (Å²) in [6.07, 6.45) is 6.38. The second-order valence-electron chi connectivity index (χ2n) is 7.73. The number of hydrogen-bond acceptors (Lipinski definition) is 5. The lowest BCUT2D eigenvalue weighted by Crippen LogP contribution is -2.40. The Labute approximate surface area is 173 Å². The van der Waals surface area contributed by atoms with Crippen LogP contribution in [0.15, 0.2) is 28.0 Å². The van der Waals surface area contributed by atoms with Gasteiger partial charge in [0.05, 0.1) is 10.6 Å². The first kappa shape index (κ1) is 19.6. The Morgan fingerprint density at radius 2 is 2.10 bits per heavy atom. The van der Waals surface area contributed by atoms with E-state index in [1.165, 1.54) is 10.1 Å². The molecule has 1 fully saturated rings. The Balaban J connectivity index is 1.58. The molecular formula is C22H25N3O3S. The fraction of sp³-hybridized carbons (Fsp3) is 0.409. The van der Waals surface area contributed by atoms with Crippen molar-refractivity contribution in [2.24, 2.45) is 10.9 Å². The summed E-state index contributed by atoms with van der Waals surface area (Å²) in [6.45, 7) is 5.58. The van der Waals surface area contributed by atoms with Crippen LogP contribution < -0.4 is 4.87 Å². The summed E-state index contributed by atoms with van der Waals surface area (Å²) in [4.78, 5) is 31.4. The van der Waals surface area contributed by atoms with Crippen molar-refractivity contribution < 1.29 is 9.90 Å². The van der Waals surface area contributed by atoms with Crippen LogP contribution in [-0.4, -0.2) is 39.8 Å². The van der Waals surface area contributed by atoms with Crippen molar-refractivity contribution in [1.29, 1.82) is 0 Å². The summed E-state index contributed by atoms with van der Waals surface area (Å²) >= 11 is 0.950. The number of para-hydroxylation sites is 1. The molecule has 0 unspecified atom stereocenters. The quantitative estimate of drug-likeness (QED) is 0.834. The molecule has 1 aromatic carbocycles. The number of aryl methyl sites for hydroxylation is 1. The topological polar surface area (TPSA) is 74.9 Å². The maximum Gasteiger partial charge on any atom is 0.311 e. The van der Waals surface area contributed by atoms with Gasteiger partial charge in [0.25, 0.3) is 0 Å². The van der Waals surface area contributed by atoms with E-state index >= 15 is 0 Å². The molecule has 4 rings (SSSR count). The number of likely N-dealkylation sites (tertiary alicyclic amines) is 1. The standard InChI is InChI=1S/C22H25N3O3S/c1-3-15-5-4-6-17-16(12-23-20(15)17)11-18-21(27)25(22(28)29-18)13-19(26)24-9-7-14(2)8-10-24/h4-6,11-12,14,27H,3,7-10,13H2,1-2H3/b16-11+. The number of aromatic nitrogens is 1. The van der Waals surface area contributed by atoms with E-state index in [4.69, 9.17) is 0 Å². The number of rotatable bonds is 4. The summed E-state index contributed by atoms with van der Waals surface area (Å²) in [5, 5.41) is 10.6. The number of thiazole rings is 1. The maximum absolute atomic E-state index is 12.6. The second-order valence-corrected chi connectivity index (χ2v) is 8.72. The van der Waals surface area contributed by atoms with Crippen molar-refractivity contribution in [3.05, 3.63) is 43.9 Å². The minimum Gasteiger partial charge on any atom is -0.493 e. The summed E-state index contributed by atoms with van der Waals surface area (Å²) in [6, 6.07) is 6.04. The van der Waals surface area contributed by atoms with Gasteiger partial charge >= 0.3 is 4.87 Å². The molecule has 3 heterocycles. The van der Waals surface area contributed by atoms with E-state index in [-0.39, 0.29) is 23.2 Å². The molecule has 1 N–H and O–H groups in total. The third-order valence-corrected chi connectivity index (χ3v) is 6.67. The number of hydrogen-bond donors (Lipinski definition) is 1. The van der Waals surface area contributed by atoms with Crippen LogP contribution in [0.4, 0.5) is 5.69 Å². The van der Waals surface area contributed by atoms with E-state index < -0.39 is 0 Å². The SMILES string of the molecule is CCc1cccc2c1N=C/C2=C\c1sc(=O)n(CC(=O)N2CCC(C)CC2)c1O. The van der Waals surface area contributed by atoms with Crippen molar-refractivity contribution in [3.8, 4) is 5.88 Å². The van der Waals surface area contributed by atoms with Crippen molar-refractivity contribution in [3.63, 3.8) is 0 Å². The average molecular weight is 412 g/mol. The van der Waals surface area contributed by atoms with Gasteiger partial charge in [0.15, 0.2) is 0 Å². The normalized spacial score (nSPS) is 17.9. The number of benzene rings is 1. The summed E-state index contributed by atoms with van der Waals surface area (Å²) < 4.78 is 1.17. The van der Waals surface area contributed by atoms with Gasteiger partial charge in [-0.1, -0.05) is 43.4 Å². The van der Waals surface area contributed by atoms with E-state index in [0.717, 1.165) is 47.4 Å². The van der Waals surface area contributed by atoms with Crippen LogP contribution in [0.25, 0.3) is 11.6 Å². The van der Waals surface area contributed by atoms with Crippen LogP contribution in [0.1, 0.15) is 42.7 Å². The first-order valence-corrected chi connectivity index (χ1v) is 10.9. The Morgan fingerprint density at radius 1 is 1.34 bits per heavy atom. The largest absolute Gasteiger partial charge is 0.493 e. The van der Waals surface area contributed by atoms with E-state index in [0.29, 0.717) is 23.9 Å². The Bertz CT molecular complexity index is 1060. The van der Waals surface area contributed by atoms with E-state index in [1.54, 1.807) is 17.2 Å². The van der Waals surface area contributed by atoms with Crippen LogP contribution >= 0.6 is 11.3 Å². The highest BCUT2D eigenvalue weighted by Gasteiger charge is 2.23. The molecule has 29 heavy (non-hydrogen) atoms. The van der Waals surface area contributed by atoms with Gasteiger partial charge in [0.1, 0.15) is 6.54 Å². The van der Waals surface area contributed by atoms with Crippen molar-refractivity contribution in [2.45, 2.75) is 39.7 Å². The van der Waals surface area contributed by atoms with Crippen LogP contribution in [-0.2, 0) is 17.8 Å². The first-order valence-electron chi connectivity index (χ1n) is 10.1. The highest BCUT2D eigenvalue weighted by Crippen LogP contribution is 2.37. The molecule has 1 amide bonds. The van der Waals surface area contributed by atoms with Crippen molar-refractivity contribution in [1.82, 2.24) is 9.47 Å². The highest BCUT2D eigenvalue weighted by atomic mass is 32.1. The maximum atomic E-state index is 12.6. The number of carbonyl (C=O) groups excluding carboxylic acids is 1. The molecule has 2 aliphatic heterocycles. The number of nitrogens with zero attached hydrogens (tertiary/aromatic N) is 3. The molecule has 152 valence electrons. The van der Waals surface area contributed by atoms with E-state index in [1.807, 2.05) is 12.1 Å². The number of allylic oxidation sites excluding steroid dienone is 1. The molecule has 1 saturated heterocycles. The van der Waals surface area contributed by atoms with Crippen LogP contribution in [0.2, 0.25) is 0 Å². The highest BCUT2D eigenvalue weighted by molar-refractivity contribution is 7.10. The molecular weight excluding hydrogens is 386 g/mol. The first-order chi connectivity index (χ1) is 14.0. The van der Waals surface area contributed by atoms with Gasteiger partial charge in [-0.2, -0.15) is 0 Å². The van der Waals surface area contributed by atoms with Crippen LogP contribution in [0.3, 0.4) is 0 Å². The number of carbonyl (C=O) groups is 1. The molecule has 2 aliphatic rings. The van der Waals surface area contributed by atoms with E-state index in [2.05, 4.69) is 24.9 Å². The van der Waals surface area contributed by atoms with Gasteiger partial charge in [0.2, 0.25) is 11.8 Å². The fourth-order valence-corrected chi connectivity index (χ4v) is 4.70. The number of aliphatic imine (C=N–C) groups is 1. The zero-order valence-electron chi connectivity index (χ0n) is 16.7. The molecule has 0 atom stereocenters. The van der Waals surface area contributed by atoms with Gasteiger partial charge in [-0.3, -0.25) is 19.1 Å². The zero-order chi connectivity index (χ0) is 20.5. The average Bonchev–Trinajstić information content (AvgIpc) is 3.24. The van der Waals surface area contributed by atoms with Crippen molar-refractivity contribution >= 4 is 40.8 Å². The molecule has 0 spiro atoms. The number of fused-ring (bicyclic) bond motifs is 1. The summed E-state index contributed by atoms with van der Waals surface area (Å²) in [5.74, 6) is 0.352. The molecule has 6 nitrogen and oxygen atoms in total. The van der Waals surface area contributed by atoms with Crippen LogP contribution in [0.5, 0.6) is 5.88 Å². The third-order valence-electron chi connectivity index (χ3n) is 5.75. The van der Waals surface area contributed by atoms with Gasteiger partial charge in [-0.05, 0) is 36.8 Å². The zero-order valence-corrected chi connectivity index (χ0v) is 17.5. The molecule has 0 bridgehead atoms. The predicted molar refractivity (Wildman–Crippen MR) is 117 cm³/mol. The van der Waals surface area contributed by atoms with Gasteiger partial charge in [-0.15, -0.1) is 0 Å². The second kappa shape index (κ2) is 7.99. The number of aromatic hydroxyl groups is 1. The predicted octanol–water partition coefficient (Wildman–Crippen LogP) is 3.69. The lowest BCUT2D eigenvalue weighted by atomic mass is 9.99. The number of amides is 1. The Hall–Kier alpha value is -2.67. The lowest BCUT2D eigenvalue weighted by molar-refractivity contribution is -0.133. The van der Waals surface area contributed by atoms with Gasteiger partial charge < -0.3 is 10.0 Å². The number of piperidine rings is 1. The molecule has 7 heteroatoms. The molecule has 0 aliphatic carbocycles. The third kappa shape index (κ3) is 3.79. The molecule has 2 aromatic rings. The van der Waals surface area contributed by atoms with Crippen LogP contribution in [0, 0.1) is 5.92 Å². The van der Waals surface area contributed by atoms with Gasteiger partial charge in [-0.25, -0.2) is 0 Å². The molecule has 0 radical (unpaired) electrons. The summed E-state index contributed by atoms with van der Waals surface area (Å²) in [5.41, 5.74) is 3.96. The Kier molecular flexibility index (Phi) is 5.41. The van der Waals surface area contributed by atoms with Gasteiger partial charge in [0, 0.05) is 30.4 Å². The molecule has 0 saturated carbocycles. The smallest absolute Gasteiger partial charge is 0.311 e.